The van der Waals surface area contributed by atoms with E-state index in [2.05, 4.69) is 12.1 Å². The molecule has 0 atom stereocenters. The molecule has 0 unspecified atom stereocenters. The molecular weight excluding hydrogens is 332 g/mol. The Labute approximate surface area is 152 Å². The Morgan fingerprint density at radius 3 is 1.50 bits per heavy atom. The standard InChI is InChI=1S/C20H18N2O4/c1-23-19-11-15(13-21)5-7-17(19)25-9-3-4-10-26-18-8-6-16(14-22)12-20(18)24-2/h3-8,11-12H,9-10H2,1-2H3/b4-3+. The molecule has 6 nitrogen and oxygen atoms in total. The highest BCUT2D eigenvalue weighted by Crippen LogP contribution is 2.28. The van der Waals surface area contributed by atoms with E-state index in [-0.39, 0.29) is 0 Å². The van der Waals surface area contributed by atoms with Crippen LogP contribution in [0, 0.1) is 22.7 Å². The van der Waals surface area contributed by atoms with Gasteiger partial charge >= 0.3 is 0 Å². The average molecular weight is 350 g/mol. The number of rotatable bonds is 8. The molecule has 0 N–H and O–H groups in total. The summed E-state index contributed by atoms with van der Waals surface area (Å²) in [5.41, 5.74) is 1.02. The fourth-order valence-electron chi connectivity index (χ4n) is 2.12. The smallest absolute Gasteiger partial charge is 0.162 e. The molecule has 0 aromatic heterocycles. The summed E-state index contributed by atoms with van der Waals surface area (Å²) in [6.07, 6.45) is 3.63. The Balaban J connectivity index is 1.86. The lowest BCUT2D eigenvalue weighted by Gasteiger charge is -2.10. The summed E-state index contributed by atoms with van der Waals surface area (Å²) in [5.74, 6) is 2.14. The minimum absolute atomic E-state index is 0.329. The predicted octanol–water partition coefficient (Wildman–Crippen LogP) is 3.46. The Hall–Kier alpha value is -3.64. The van der Waals surface area contributed by atoms with Crippen molar-refractivity contribution < 1.29 is 18.9 Å². The van der Waals surface area contributed by atoms with Crippen molar-refractivity contribution in [2.24, 2.45) is 0 Å². The number of nitrogens with zero attached hydrogens (tertiary/aromatic N) is 2. The number of benzene rings is 2. The summed E-state index contributed by atoms with van der Waals surface area (Å²) in [4.78, 5) is 0. The summed E-state index contributed by atoms with van der Waals surface area (Å²) in [5, 5.41) is 17.8. The van der Waals surface area contributed by atoms with Gasteiger partial charge in [0.1, 0.15) is 13.2 Å². The first-order chi connectivity index (χ1) is 12.7. The van der Waals surface area contributed by atoms with Gasteiger partial charge in [-0.2, -0.15) is 10.5 Å². The van der Waals surface area contributed by atoms with E-state index >= 15 is 0 Å². The van der Waals surface area contributed by atoms with E-state index in [1.165, 1.54) is 14.2 Å². The molecule has 0 heterocycles. The Morgan fingerprint density at radius 2 is 1.15 bits per heavy atom. The van der Waals surface area contributed by atoms with E-state index in [9.17, 15) is 0 Å². The molecule has 0 aliphatic rings. The summed E-state index contributed by atoms with van der Waals surface area (Å²) in [7, 11) is 3.05. The average Bonchev–Trinajstić information content (AvgIpc) is 2.70. The molecule has 0 fully saturated rings. The van der Waals surface area contributed by atoms with Gasteiger partial charge in [0.2, 0.25) is 0 Å². The number of ether oxygens (including phenoxy) is 4. The third-order valence-electron chi connectivity index (χ3n) is 3.42. The van der Waals surface area contributed by atoms with Crippen LogP contribution in [0.3, 0.4) is 0 Å². The third-order valence-corrected chi connectivity index (χ3v) is 3.42. The zero-order chi connectivity index (χ0) is 18.8. The lowest BCUT2D eigenvalue weighted by molar-refractivity contribution is 0.318. The van der Waals surface area contributed by atoms with Gasteiger partial charge in [-0.15, -0.1) is 0 Å². The van der Waals surface area contributed by atoms with Crippen molar-refractivity contribution in [3.05, 3.63) is 59.7 Å². The van der Waals surface area contributed by atoms with Crippen LogP contribution in [0.25, 0.3) is 0 Å². The second kappa shape index (κ2) is 9.61. The molecule has 0 aliphatic heterocycles. The SMILES string of the molecule is COc1cc(C#N)ccc1OC/C=C/COc1ccc(C#N)cc1OC. The van der Waals surface area contributed by atoms with Gasteiger partial charge in [0.15, 0.2) is 23.0 Å². The molecule has 6 heteroatoms. The first-order valence-corrected chi connectivity index (χ1v) is 7.78. The topological polar surface area (TPSA) is 84.5 Å². The van der Waals surface area contributed by atoms with E-state index in [1.54, 1.807) is 36.4 Å². The van der Waals surface area contributed by atoms with Crippen LogP contribution in [0.5, 0.6) is 23.0 Å². The zero-order valence-electron chi connectivity index (χ0n) is 14.6. The Morgan fingerprint density at radius 1 is 0.731 bits per heavy atom. The van der Waals surface area contributed by atoms with Crippen molar-refractivity contribution in [3.63, 3.8) is 0 Å². The molecule has 0 saturated carbocycles. The zero-order valence-corrected chi connectivity index (χ0v) is 14.6. The van der Waals surface area contributed by atoms with Crippen LogP contribution in [0.1, 0.15) is 11.1 Å². The van der Waals surface area contributed by atoms with Gasteiger partial charge in [0.25, 0.3) is 0 Å². The van der Waals surface area contributed by atoms with Crippen molar-refractivity contribution in [2.45, 2.75) is 0 Å². The normalized spacial score (nSPS) is 10.0. The fourth-order valence-corrected chi connectivity index (χ4v) is 2.12. The van der Waals surface area contributed by atoms with Crippen LogP contribution in [-0.2, 0) is 0 Å². The van der Waals surface area contributed by atoms with Crippen LogP contribution in [0.15, 0.2) is 48.6 Å². The molecule has 2 rings (SSSR count). The van der Waals surface area contributed by atoms with Crippen molar-refractivity contribution in [3.8, 4) is 35.1 Å². The van der Waals surface area contributed by atoms with E-state index < -0.39 is 0 Å². The fraction of sp³-hybridized carbons (Fsp3) is 0.200. The van der Waals surface area contributed by atoms with Crippen molar-refractivity contribution in [1.82, 2.24) is 0 Å². The molecular formula is C20H18N2O4. The van der Waals surface area contributed by atoms with E-state index in [1.807, 2.05) is 12.2 Å². The monoisotopic (exact) mass is 350 g/mol. The highest BCUT2D eigenvalue weighted by atomic mass is 16.5. The molecule has 0 saturated heterocycles. The van der Waals surface area contributed by atoms with E-state index in [0.29, 0.717) is 47.3 Å². The maximum absolute atomic E-state index is 8.89. The van der Waals surface area contributed by atoms with Crippen molar-refractivity contribution in [1.29, 1.82) is 10.5 Å². The minimum atomic E-state index is 0.329. The molecule has 0 spiro atoms. The lowest BCUT2D eigenvalue weighted by atomic mass is 10.2. The number of methoxy groups -OCH3 is 2. The number of hydrogen-bond acceptors (Lipinski definition) is 6. The van der Waals surface area contributed by atoms with Gasteiger partial charge < -0.3 is 18.9 Å². The van der Waals surface area contributed by atoms with Gasteiger partial charge in [0.05, 0.1) is 37.5 Å². The van der Waals surface area contributed by atoms with Crippen LogP contribution in [0.2, 0.25) is 0 Å². The summed E-state index contributed by atoms with van der Waals surface area (Å²) < 4.78 is 21.6. The van der Waals surface area contributed by atoms with Gasteiger partial charge in [-0.1, -0.05) is 0 Å². The largest absolute Gasteiger partial charge is 0.493 e. The summed E-state index contributed by atoms with van der Waals surface area (Å²) >= 11 is 0. The molecule has 26 heavy (non-hydrogen) atoms. The highest BCUT2D eigenvalue weighted by molar-refractivity contribution is 5.47. The minimum Gasteiger partial charge on any atom is -0.493 e. The van der Waals surface area contributed by atoms with Crippen molar-refractivity contribution >= 4 is 0 Å². The number of hydrogen-bond donors (Lipinski definition) is 0. The van der Waals surface area contributed by atoms with E-state index in [4.69, 9.17) is 29.5 Å². The first kappa shape index (κ1) is 18.7. The Kier molecular flexibility index (Phi) is 6.91. The van der Waals surface area contributed by atoms with Crippen molar-refractivity contribution in [2.75, 3.05) is 27.4 Å². The maximum atomic E-state index is 8.89. The van der Waals surface area contributed by atoms with Gasteiger partial charge in [-0.05, 0) is 36.4 Å². The highest BCUT2D eigenvalue weighted by Gasteiger charge is 2.06. The Bertz CT molecular complexity index is 792. The molecule has 132 valence electrons. The molecule has 0 aliphatic carbocycles. The van der Waals surface area contributed by atoms with E-state index in [0.717, 1.165) is 0 Å². The summed E-state index contributed by atoms with van der Waals surface area (Å²) in [6.45, 7) is 0.659. The van der Waals surface area contributed by atoms with Crippen LogP contribution in [0.4, 0.5) is 0 Å². The third kappa shape index (κ3) is 4.93. The molecule has 0 bridgehead atoms. The maximum Gasteiger partial charge on any atom is 0.162 e. The van der Waals surface area contributed by atoms with Crippen LogP contribution < -0.4 is 18.9 Å². The molecule has 2 aromatic rings. The van der Waals surface area contributed by atoms with Gasteiger partial charge in [0, 0.05) is 12.1 Å². The quantitative estimate of drug-likeness (QED) is 0.678. The lowest BCUT2D eigenvalue weighted by Crippen LogP contribution is -1.99. The predicted molar refractivity (Wildman–Crippen MR) is 95.5 cm³/mol. The van der Waals surface area contributed by atoms with Gasteiger partial charge in [-0.3, -0.25) is 0 Å². The number of nitriles is 2. The summed E-state index contributed by atoms with van der Waals surface area (Å²) in [6, 6.07) is 14.1. The molecule has 0 radical (unpaired) electrons. The van der Waals surface area contributed by atoms with Gasteiger partial charge in [-0.25, -0.2) is 0 Å². The van der Waals surface area contributed by atoms with Crippen LogP contribution >= 0.6 is 0 Å². The second-order valence-corrected chi connectivity index (χ2v) is 5.05. The molecule has 2 aromatic carbocycles. The van der Waals surface area contributed by atoms with Crippen LogP contribution in [-0.4, -0.2) is 27.4 Å². The first-order valence-electron chi connectivity index (χ1n) is 7.78. The second-order valence-electron chi connectivity index (χ2n) is 5.05. The molecule has 0 amide bonds.